The van der Waals surface area contributed by atoms with Crippen LogP contribution in [0.5, 0.6) is 5.75 Å². The van der Waals surface area contributed by atoms with E-state index in [1.54, 1.807) is 7.11 Å². The fraction of sp³-hybridized carbons (Fsp3) is 0.182. The van der Waals surface area contributed by atoms with Crippen LogP contribution in [0.25, 0.3) is 0 Å². The molecule has 3 rings (SSSR count). The maximum absolute atomic E-state index is 13.1. The third kappa shape index (κ3) is 4.82. The van der Waals surface area contributed by atoms with Gasteiger partial charge in [0.25, 0.3) is 0 Å². The molecule has 0 saturated carbocycles. The highest BCUT2D eigenvalue weighted by Crippen LogP contribution is 2.34. The Kier molecular flexibility index (Phi) is 6.64. The van der Waals surface area contributed by atoms with Crippen LogP contribution in [0.1, 0.15) is 31.9 Å². The molecule has 1 aromatic heterocycles. The highest BCUT2D eigenvalue weighted by atomic mass is 32.1. The van der Waals surface area contributed by atoms with Crippen molar-refractivity contribution in [3.8, 4) is 5.75 Å². The molecule has 29 heavy (non-hydrogen) atoms. The third-order valence-corrected chi connectivity index (χ3v) is 6.10. The van der Waals surface area contributed by atoms with Crippen LogP contribution in [0.3, 0.4) is 0 Å². The quantitative estimate of drug-likeness (QED) is 0.259. The first-order chi connectivity index (χ1) is 13.9. The minimum absolute atomic E-state index is 0.0310. The second-order valence-electron chi connectivity index (χ2n) is 6.59. The summed E-state index contributed by atoms with van der Waals surface area (Å²) in [5.74, 6) is 6.92. The highest BCUT2D eigenvalue weighted by molar-refractivity contribution is 7.80. The molecule has 1 heterocycles. The zero-order valence-electron chi connectivity index (χ0n) is 16.6. The Balaban J connectivity index is 1.77. The summed E-state index contributed by atoms with van der Waals surface area (Å²) in [4.78, 5) is 14.1. The highest BCUT2D eigenvalue weighted by Gasteiger charge is 2.22. The minimum Gasteiger partial charge on any atom is -0.497 e. The number of hydrogen-bond acceptors (Lipinski definition) is 5. The summed E-state index contributed by atoms with van der Waals surface area (Å²) >= 11 is 6.99. The Morgan fingerprint density at radius 3 is 2.41 bits per heavy atom. The molecule has 0 aliphatic heterocycles. The van der Waals surface area contributed by atoms with Gasteiger partial charge in [0, 0.05) is 10.4 Å². The summed E-state index contributed by atoms with van der Waals surface area (Å²) in [5.41, 5.74) is 3.23. The molecule has 0 aliphatic carbocycles. The lowest BCUT2D eigenvalue weighted by Gasteiger charge is -2.20. The van der Waals surface area contributed by atoms with E-state index in [2.05, 4.69) is 5.32 Å². The molecule has 3 aromatic rings. The standard InChI is InChI=1S/C22H23N3O2S2/c1-14-15(2)29-21(19(14)20(26)17-7-5-4-6-8-17)24-22(28)25(23)13-16-9-11-18(27-3)12-10-16/h4-12H,13,23H2,1-3H3,(H,24,28). The smallest absolute Gasteiger partial charge is 0.196 e. The van der Waals surface area contributed by atoms with Gasteiger partial charge >= 0.3 is 0 Å². The van der Waals surface area contributed by atoms with Crippen LogP contribution >= 0.6 is 23.6 Å². The number of ketones is 1. The van der Waals surface area contributed by atoms with Crippen LogP contribution in [0.15, 0.2) is 54.6 Å². The molecular weight excluding hydrogens is 402 g/mol. The van der Waals surface area contributed by atoms with E-state index in [1.807, 2.05) is 68.4 Å². The summed E-state index contributed by atoms with van der Waals surface area (Å²) in [6, 6.07) is 16.9. The molecule has 0 aliphatic rings. The first-order valence-corrected chi connectivity index (χ1v) is 10.3. The van der Waals surface area contributed by atoms with Crippen molar-refractivity contribution in [2.24, 2.45) is 5.84 Å². The van der Waals surface area contributed by atoms with Gasteiger partial charge < -0.3 is 10.1 Å². The summed E-state index contributed by atoms with van der Waals surface area (Å²) in [6.45, 7) is 4.38. The molecule has 0 bridgehead atoms. The summed E-state index contributed by atoms with van der Waals surface area (Å²) < 4.78 is 5.17. The molecule has 0 unspecified atom stereocenters. The number of nitrogens with two attached hydrogens (primary N) is 1. The molecule has 0 saturated heterocycles. The van der Waals surface area contributed by atoms with Crippen LogP contribution in [0, 0.1) is 13.8 Å². The van der Waals surface area contributed by atoms with E-state index in [4.69, 9.17) is 22.8 Å². The van der Waals surface area contributed by atoms with Gasteiger partial charge in [-0.25, -0.2) is 5.84 Å². The molecule has 5 nitrogen and oxygen atoms in total. The Bertz CT molecular complexity index is 1010. The number of nitrogens with zero attached hydrogens (tertiary/aromatic N) is 1. The molecule has 7 heteroatoms. The number of benzene rings is 2. The van der Waals surface area contributed by atoms with Crippen molar-refractivity contribution in [1.82, 2.24) is 5.01 Å². The lowest BCUT2D eigenvalue weighted by Crippen LogP contribution is -2.39. The van der Waals surface area contributed by atoms with Crippen LogP contribution in [0.4, 0.5) is 5.00 Å². The molecule has 0 spiro atoms. The van der Waals surface area contributed by atoms with Gasteiger partial charge in [-0.1, -0.05) is 42.5 Å². The lowest BCUT2D eigenvalue weighted by atomic mass is 10.0. The average molecular weight is 426 g/mol. The molecule has 0 atom stereocenters. The first kappa shape index (κ1) is 21.0. The molecule has 150 valence electrons. The largest absolute Gasteiger partial charge is 0.497 e. The average Bonchev–Trinajstić information content (AvgIpc) is 3.01. The maximum atomic E-state index is 13.1. The summed E-state index contributed by atoms with van der Waals surface area (Å²) in [6.07, 6.45) is 0. The van der Waals surface area contributed by atoms with Crippen molar-refractivity contribution >= 4 is 39.5 Å². The first-order valence-electron chi connectivity index (χ1n) is 9.06. The Hall–Kier alpha value is -2.74. The van der Waals surface area contributed by atoms with Crippen molar-refractivity contribution in [3.05, 3.63) is 81.7 Å². The van der Waals surface area contributed by atoms with E-state index in [0.29, 0.717) is 27.8 Å². The molecule has 0 amide bonds. The number of thiophene rings is 1. The zero-order chi connectivity index (χ0) is 21.0. The van der Waals surface area contributed by atoms with Crippen LogP contribution in [0.2, 0.25) is 0 Å². The van der Waals surface area contributed by atoms with Crippen molar-refractivity contribution in [2.45, 2.75) is 20.4 Å². The van der Waals surface area contributed by atoms with E-state index < -0.39 is 0 Å². The van der Waals surface area contributed by atoms with Gasteiger partial charge in [0.15, 0.2) is 10.9 Å². The van der Waals surface area contributed by atoms with Gasteiger partial charge in [0.05, 0.1) is 19.2 Å². The predicted molar refractivity (Wildman–Crippen MR) is 123 cm³/mol. The van der Waals surface area contributed by atoms with Gasteiger partial charge in [0.1, 0.15) is 10.8 Å². The number of anilines is 1. The van der Waals surface area contributed by atoms with Crippen molar-refractivity contribution < 1.29 is 9.53 Å². The van der Waals surface area contributed by atoms with Gasteiger partial charge in [-0.15, -0.1) is 11.3 Å². The van der Waals surface area contributed by atoms with Crippen molar-refractivity contribution in [1.29, 1.82) is 0 Å². The number of carbonyl (C=O) groups excluding carboxylic acids is 1. The number of aryl methyl sites for hydroxylation is 1. The number of rotatable bonds is 6. The second kappa shape index (κ2) is 9.17. The SMILES string of the molecule is COc1ccc(CN(N)C(=S)Nc2sc(C)c(C)c2C(=O)c2ccccc2)cc1. The fourth-order valence-corrected chi connectivity index (χ4v) is 4.18. The zero-order valence-corrected chi connectivity index (χ0v) is 18.2. The Labute approximate surface area is 180 Å². The molecule has 0 radical (unpaired) electrons. The maximum Gasteiger partial charge on any atom is 0.196 e. The number of nitrogens with one attached hydrogen (secondary N) is 1. The van der Waals surface area contributed by atoms with Crippen LogP contribution < -0.4 is 15.9 Å². The number of methoxy groups -OCH3 is 1. The van der Waals surface area contributed by atoms with E-state index in [1.165, 1.54) is 16.3 Å². The normalized spacial score (nSPS) is 10.5. The summed E-state index contributed by atoms with van der Waals surface area (Å²) in [5, 5.41) is 5.69. The van der Waals surface area contributed by atoms with E-state index >= 15 is 0 Å². The molecule has 3 N–H and O–H groups in total. The van der Waals surface area contributed by atoms with Crippen molar-refractivity contribution in [2.75, 3.05) is 12.4 Å². The van der Waals surface area contributed by atoms with Gasteiger partial charge in [0.2, 0.25) is 0 Å². The fourth-order valence-electron chi connectivity index (χ4n) is 2.89. The van der Waals surface area contributed by atoms with Crippen LogP contribution in [-0.4, -0.2) is 23.0 Å². The number of ether oxygens (including phenoxy) is 1. The number of hydrogen-bond donors (Lipinski definition) is 2. The topological polar surface area (TPSA) is 67.6 Å². The number of thiocarbonyl (C=S) groups is 1. The van der Waals surface area contributed by atoms with Crippen LogP contribution in [-0.2, 0) is 6.54 Å². The number of carbonyl (C=O) groups is 1. The Morgan fingerprint density at radius 2 is 1.79 bits per heavy atom. The van der Waals surface area contributed by atoms with Gasteiger partial charge in [-0.05, 0) is 49.3 Å². The van der Waals surface area contributed by atoms with Gasteiger partial charge in [-0.2, -0.15) is 0 Å². The molecular formula is C22H23N3O2S2. The monoisotopic (exact) mass is 425 g/mol. The predicted octanol–water partition coefficient (Wildman–Crippen LogP) is 4.68. The van der Waals surface area contributed by atoms with E-state index in [0.717, 1.165) is 21.8 Å². The minimum atomic E-state index is -0.0310. The van der Waals surface area contributed by atoms with E-state index in [9.17, 15) is 4.79 Å². The summed E-state index contributed by atoms with van der Waals surface area (Å²) in [7, 11) is 1.63. The van der Waals surface area contributed by atoms with E-state index in [-0.39, 0.29) is 5.78 Å². The second-order valence-corrected chi connectivity index (χ2v) is 8.20. The molecule has 0 fully saturated rings. The van der Waals surface area contributed by atoms with Crippen molar-refractivity contribution in [3.63, 3.8) is 0 Å². The lowest BCUT2D eigenvalue weighted by molar-refractivity contribution is 0.103. The number of hydrazine groups is 1. The van der Waals surface area contributed by atoms with Gasteiger partial charge in [-0.3, -0.25) is 9.80 Å². The molecule has 2 aromatic carbocycles. The third-order valence-electron chi connectivity index (χ3n) is 4.64. The Morgan fingerprint density at radius 1 is 1.14 bits per heavy atom.